The number of hydrogen-bond acceptors (Lipinski definition) is 8. The molecule has 1 aliphatic heterocycles. The summed E-state index contributed by atoms with van der Waals surface area (Å²) in [5.41, 5.74) is 1.29. The number of thiazole rings is 1. The number of nitro groups is 1. The minimum absolute atomic E-state index is 0.0148. The molecule has 138 valence electrons. The Morgan fingerprint density at radius 2 is 2.11 bits per heavy atom. The van der Waals surface area contributed by atoms with E-state index in [1.807, 2.05) is 18.2 Å². The fourth-order valence-electron chi connectivity index (χ4n) is 2.42. The van der Waals surface area contributed by atoms with Gasteiger partial charge >= 0.3 is 5.97 Å². The number of carbonyl (C=O) groups is 1. The van der Waals surface area contributed by atoms with E-state index < -0.39 is 10.9 Å². The molecular weight excluding hydrogens is 404 g/mol. The molecule has 0 atom stereocenters. The van der Waals surface area contributed by atoms with Crippen LogP contribution in [0.1, 0.15) is 11.3 Å². The topological polar surface area (TPSA) is 108 Å². The maximum absolute atomic E-state index is 12.1. The standard InChI is InChI=1S/C18H9ClN4O4S/c19-12-5-4-10(7-15(12)23(25)26)16-22-14(18(24)27-16)8-11-9-28-17(21-11)13-3-1-2-6-20-13/h1-9H/b14-8+. The monoisotopic (exact) mass is 412 g/mol. The SMILES string of the molecule is O=C1OC(c2ccc(Cl)c([N+](=O)[O-])c2)=N/C1=C/c1csc(-c2ccccn2)n1. The van der Waals surface area contributed by atoms with Crippen LogP contribution in [-0.4, -0.2) is 26.8 Å². The number of esters is 1. The number of carbonyl (C=O) groups excluding carboxylic acids is 1. The van der Waals surface area contributed by atoms with Crippen molar-refractivity contribution in [2.24, 2.45) is 4.99 Å². The van der Waals surface area contributed by atoms with Gasteiger partial charge in [-0.25, -0.2) is 14.8 Å². The molecule has 1 aromatic carbocycles. The summed E-state index contributed by atoms with van der Waals surface area (Å²) in [6.45, 7) is 0. The van der Waals surface area contributed by atoms with Crippen molar-refractivity contribution in [1.29, 1.82) is 0 Å². The third-order valence-electron chi connectivity index (χ3n) is 3.70. The van der Waals surface area contributed by atoms with E-state index in [4.69, 9.17) is 16.3 Å². The number of hydrogen-bond donors (Lipinski definition) is 0. The first-order chi connectivity index (χ1) is 13.5. The van der Waals surface area contributed by atoms with Crippen LogP contribution >= 0.6 is 22.9 Å². The molecule has 1 aliphatic rings. The van der Waals surface area contributed by atoms with E-state index in [2.05, 4.69) is 15.0 Å². The molecule has 2 aromatic heterocycles. The maximum atomic E-state index is 12.1. The lowest BCUT2D eigenvalue weighted by Gasteiger charge is -2.00. The van der Waals surface area contributed by atoms with E-state index in [1.165, 1.54) is 35.6 Å². The molecule has 0 amide bonds. The van der Waals surface area contributed by atoms with Crippen LogP contribution < -0.4 is 0 Å². The fraction of sp³-hybridized carbons (Fsp3) is 0. The average Bonchev–Trinajstić information content (AvgIpc) is 3.30. The van der Waals surface area contributed by atoms with Gasteiger partial charge in [0.25, 0.3) is 5.69 Å². The van der Waals surface area contributed by atoms with Crippen LogP contribution in [0.3, 0.4) is 0 Å². The average molecular weight is 413 g/mol. The molecule has 0 bridgehead atoms. The lowest BCUT2D eigenvalue weighted by atomic mass is 10.2. The molecule has 0 unspecified atom stereocenters. The van der Waals surface area contributed by atoms with Gasteiger partial charge in [0.1, 0.15) is 10.0 Å². The number of cyclic esters (lactones) is 1. The molecule has 28 heavy (non-hydrogen) atoms. The second-order valence-corrected chi connectivity index (χ2v) is 6.82. The Bertz CT molecular complexity index is 1160. The molecule has 3 aromatic rings. The largest absolute Gasteiger partial charge is 0.402 e. The van der Waals surface area contributed by atoms with Crippen LogP contribution in [0.15, 0.2) is 58.7 Å². The van der Waals surface area contributed by atoms with Gasteiger partial charge in [0.05, 0.1) is 16.3 Å². The van der Waals surface area contributed by atoms with Gasteiger partial charge in [-0.15, -0.1) is 11.3 Å². The Morgan fingerprint density at radius 3 is 2.86 bits per heavy atom. The second-order valence-electron chi connectivity index (χ2n) is 5.55. The molecule has 0 aliphatic carbocycles. The molecule has 10 heteroatoms. The van der Waals surface area contributed by atoms with Crippen molar-refractivity contribution in [2.45, 2.75) is 0 Å². The maximum Gasteiger partial charge on any atom is 0.363 e. The van der Waals surface area contributed by atoms with Gasteiger partial charge in [0, 0.05) is 23.2 Å². The quantitative estimate of drug-likeness (QED) is 0.276. The highest BCUT2D eigenvalue weighted by molar-refractivity contribution is 7.13. The van der Waals surface area contributed by atoms with E-state index in [-0.39, 0.29) is 27.9 Å². The summed E-state index contributed by atoms with van der Waals surface area (Å²) >= 11 is 7.19. The molecule has 3 heterocycles. The Balaban J connectivity index is 1.64. The summed E-state index contributed by atoms with van der Waals surface area (Å²) in [5.74, 6) is -0.698. The summed E-state index contributed by atoms with van der Waals surface area (Å²) in [6, 6.07) is 9.56. The van der Waals surface area contributed by atoms with Gasteiger partial charge < -0.3 is 4.74 Å². The number of rotatable bonds is 4. The molecule has 0 N–H and O–H groups in total. The lowest BCUT2D eigenvalue weighted by Crippen LogP contribution is -2.06. The van der Waals surface area contributed by atoms with Crippen molar-refractivity contribution in [3.63, 3.8) is 0 Å². The highest BCUT2D eigenvalue weighted by Crippen LogP contribution is 2.28. The molecule has 0 saturated heterocycles. The number of pyridine rings is 1. The second kappa shape index (κ2) is 7.29. The van der Waals surface area contributed by atoms with Gasteiger partial charge in [0.2, 0.25) is 5.90 Å². The Morgan fingerprint density at radius 1 is 1.25 bits per heavy atom. The summed E-state index contributed by atoms with van der Waals surface area (Å²) in [5, 5.41) is 13.5. The zero-order valence-electron chi connectivity index (χ0n) is 13.9. The summed E-state index contributed by atoms with van der Waals surface area (Å²) in [7, 11) is 0. The normalized spacial score (nSPS) is 14.8. The summed E-state index contributed by atoms with van der Waals surface area (Å²) in [4.78, 5) is 35.3. The van der Waals surface area contributed by atoms with Crippen molar-refractivity contribution in [3.8, 4) is 10.7 Å². The predicted molar refractivity (Wildman–Crippen MR) is 104 cm³/mol. The predicted octanol–water partition coefficient (Wildman–Crippen LogP) is 4.11. The number of benzene rings is 1. The molecule has 8 nitrogen and oxygen atoms in total. The van der Waals surface area contributed by atoms with E-state index in [0.717, 1.165) is 5.69 Å². The number of nitrogens with zero attached hydrogens (tertiary/aromatic N) is 4. The first kappa shape index (κ1) is 18.0. The third kappa shape index (κ3) is 3.53. The highest BCUT2D eigenvalue weighted by Gasteiger charge is 2.26. The zero-order valence-corrected chi connectivity index (χ0v) is 15.5. The summed E-state index contributed by atoms with van der Waals surface area (Å²) in [6.07, 6.45) is 3.16. The minimum Gasteiger partial charge on any atom is -0.402 e. The molecule has 0 saturated carbocycles. The van der Waals surface area contributed by atoms with E-state index in [0.29, 0.717) is 10.7 Å². The Labute approximate surface area is 167 Å². The van der Waals surface area contributed by atoms with Crippen molar-refractivity contribution in [2.75, 3.05) is 0 Å². The van der Waals surface area contributed by atoms with E-state index in [1.54, 1.807) is 11.6 Å². The molecule has 0 spiro atoms. The van der Waals surface area contributed by atoms with Crippen LogP contribution in [0.4, 0.5) is 5.69 Å². The Kier molecular flexibility index (Phi) is 4.68. The van der Waals surface area contributed by atoms with Gasteiger partial charge in [-0.3, -0.25) is 15.1 Å². The number of halogens is 1. The fourth-order valence-corrected chi connectivity index (χ4v) is 3.36. The van der Waals surface area contributed by atoms with Crippen LogP contribution in [0.5, 0.6) is 0 Å². The number of ether oxygens (including phenoxy) is 1. The lowest BCUT2D eigenvalue weighted by molar-refractivity contribution is -0.384. The van der Waals surface area contributed by atoms with Crippen molar-refractivity contribution in [1.82, 2.24) is 9.97 Å². The third-order valence-corrected chi connectivity index (χ3v) is 4.90. The van der Waals surface area contributed by atoms with Crippen LogP contribution in [0.2, 0.25) is 5.02 Å². The number of aromatic nitrogens is 2. The van der Waals surface area contributed by atoms with Gasteiger partial charge in [-0.05, 0) is 30.3 Å². The molecule has 0 fully saturated rings. The highest BCUT2D eigenvalue weighted by atomic mass is 35.5. The minimum atomic E-state index is -0.667. The van der Waals surface area contributed by atoms with Gasteiger partial charge in [-0.1, -0.05) is 17.7 Å². The first-order valence-electron chi connectivity index (χ1n) is 7.85. The smallest absolute Gasteiger partial charge is 0.363 e. The Hall–Kier alpha value is -3.43. The van der Waals surface area contributed by atoms with Gasteiger partial charge in [0.15, 0.2) is 5.70 Å². The molecular formula is C18H9ClN4O4S. The van der Waals surface area contributed by atoms with Crippen molar-refractivity contribution in [3.05, 3.63) is 80.1 Å². The van der Waals surface area contributed by atoms with Crippen molar-refractivity contribution < 1.29 is 14.5 Å². The number of nitro benzene ring substituents is 1. The van der Waals surface area contributed by atoms with E-state index >= 15 is 0 Å². The first-order valence-corrected chi connectivity index (χ1v) is 9.11. The molecule has 4 rings (SSSR count). The van der Waals surface area contributed by atoms with Crippen LogP contribution in [0, 0.1) is 10.1 Å². The van der Waals surface area contributed by atoms with Crippen LogP contribution in [0.25, 0.3) is 16.8 Å². The molecule has 0 radical (unpaired) electrons. The van der Waals surface area contributed by atoms with Gasteiger partial charge in [-0.2, -0.15) is 0 Å². The van der Waals surface area contributed by atoms with E-state index in [9.17, 15) is 14.9 Å². The van der Waals surface area contributed by atoms with Crippen molar-refractivity contribution >= 4 is 46.6 Å². The van der Waals surface area contributed by atoms with Crippen LogP contribution in [-0.2, 0) is 9.53 Å². The number of aliphatic imine (C=N–C) groups is 1. The zero-order chi connectivity index (χ0) is 19.7. The summed E-state index contributed by atoms with van der Waals surface area (Å²) < 4.78 is 5.14.